The van der Waals surface area contributed by atoms with Crippen molar-refractivity contribution in [1.82, 2.24) is 4.90 Å². The predicted molar refractivity (Wildman–Crippen MR) is 87.5 cm³/mol. The van der Waals surface area contributed by atoms with E-state index in [1.165, 1.54) is 0 Å². The highest BCUT2D eigenvalue weighted by atomic mass is 16.3. The Labute approximate surface area is 126 Å². The van der Waals surface area contributed by atoms with Gasteiger partial charge in [0.15, 0.2) is 0 Å². The lowest BCUT2D eigenvalue weighted by molar-refractivity contribution is -0.0290. The molecular formula is C18H25NO2. The molecule has 0 amide bonds. The maximum atomic E-state index is 11.1. The van der Waals surface area contributed by atoms with Crippen molar-refractivity contribution in [3.8, 4) is 5.75 Å². The van der Waals surface area contributed by atoms with Gasteiger partial charge < -0.3 is 15.1 Å². The molecule has 3 nitrogen and oxygen atoms in total. The fraction of sp³-hybridized carbons (Fsp3) is 0.444. The molecule has 3 heteroatoms. The van der Waals surface area contributed by atoms with Crippen LogP contribution in [-0.2, 0) is 5.60 Å². The van der Waals surface area contributed by atoms with Gasteiger partial charge in [0.05, 0.1) is 5.60 Å². The Hall–Kier alpha value is -1.58. The SMILES string of the molecule is CC[C@](O)(c1ccc2cc(O)ccc2c1)[C@H](C)CN(C)C. The molecule has 0 aromatic heterocycles. The van der Waals surface area contributed by atoms with E-state index < -0.39 is 5.60 Å². The maximum Gasteiger partial charge on any atom is 0.116 e. The molecule has 0 saturated heterocycles. The first-order valence-corrected chi connectivity index (χ1v) is 7.47. The molecule has 0 aliphatic heterocycles. The number of aromatic hydroxyl groups is 1. The van der Waals surface area contributed by atoms with Crippen molar-refractivity contribution >= 4 is 10.8 Å². The topological polar surface area (TPSA) is 43.7 Å². The molecule has 0 fully saturated rings. The largest absolute Gasteiger partial charge is 0.508 e. The van der Waals surface area contributed by atoms with Crippen LogP contribution in [0.5, 0.6) is 5.75 Å². The fourth-order valence-electron chi connectivity index (χ4n) is 3.04. The zero-order chi connectivity index (χ0) is 15.6. The lowest BCUT2D eigenvalue weighted by Crippen LogP contribution is -2.38. The first-order chi connectivity index (χ1) is 9.86. The number of phenols is 1. The molecule has 0 saturated carbocycles. The van der Waals surface area contributed by atoms with Gasteiger partial charge in [-0.3, -0.25) is 0 Å². The minimum atomic E-state index is -0.837. The van der Waals surface area contributed by atoms with Crippen molar-refractivity contribution < 1.29 is 10.2 Å². The zero-order valence-electron chi connectivity index (χ0n) is 13.3. The molecule has 2 rings (SSSR count). The Bertz CT molecular complexity index is 624. The van der Waals surface area contributed by atoms with Crippen LogP contribution in [0.15, 0.2) is 36.4 Å². The number of fused-ring (bicyclic) bond motifs is 1. The highest BCUT2D eigenvalue weighted by Crippen LogP contribution is 2.35. The summed E-state index contributed by atoms with van der Waals surface area (Å²) in [5.74, 6) is 0.397. The molecule has 2 aromatic rings. The number of phenolic OH excluding ortho intramolecular Hbond substituents is 1. The Kier molecular flexibility index (Phi) is 4.55. The summed E-state index contributed by atoms with van der Waals surface area (Å²) in [6.45, 7) is 4.94. The van der Waals surface area contributed by atoms with Gasteiger partial charge in [0.2, 0.25) is 0 Å². The third-order valence-corrected chi connectivity index (χ3v) is 4.32. The Morgan fingerprint density at radius 3 is 2.33 bits per heavy atom. The van der Waals surface area contributed by atoms with Gasteiger partial charge in [-0.1, -0.05) is 32.0 Å². The summed E-state index contributed by atoms with van der Waals surface area (Å²) in [6, 6.07) is 11.3. The summed E-state index contributed by atoms with van der Waals surface area (Å²) in [6.07, 6.45) is 0.672. The standard InChI is InChI=1S/C18H25NO2/c1-5-18(21,13(2)12-19(3)4)16-8-6-15-11-17(20)9-7-14(15)10-16/h6-11,13,20-21H,5,12H2,1-4H3/t13-,18-/m1/s1. The molecule has 2 aromatic carbocycles. The fourth-order valence-corrected chi connectivity index (χ4v) is 3.04. The van der Waals surface area contributed by atoms with Gasteiger partial charge in [0.1, 0.15) is 5.75 Å². The third-order valence-electron chi connectivity index (χ3n) is 4.32. The summed E-state index contributed by atoms with van der Waals surface area (Å²) in [5.41, 5.74) is 0.105. The minimum Gasteiger partial charge on any atom is -0.508 e. The first-order valence-electron chi connectivity index (χ1n) is 7.47. The monoisotopic (exact) mass is 287 g/mol. The summed E-state index contributed by atoms with van der Waals surface area (Å²) in [4.78, 5) is 2.10. The van der Waals surface area contributed by atoms with Crippen LogP contribution in [0, 0.1) is 5.92 Å². The van der Waals surface area contributed by atoms with E-state index in [1.807, 2.05) is 45.3 Å². The van der Waals surface area contributed by atoms with Crippen molar-refractivity contribution in [3.05, 3.63) is 42.0 Å². The van der Waals surface area contributed by atoms with Crippen LogP contribution in [-0.4, -0.2) is 35.8 Å². The molecule has 2 N–H and O–H groups in total. The predicted octanol–water partition coefficient (Wildman–Crippen LogP) is 3.34. The highest BCUT2D eigenvalue weighted by molar-refractivity contribution is 5.84. The van der Waals surface area contributed by atoms with Crippen LogP contribution in [0.25, 0.3) is 10.8 Å². The number of aliphatic hydroxyl groups is 1. The molecule has 0 aliphatic rings. The Morgan fingerprint density at radius 1 is 1.10 bits per heavy atom. The number of rotatable bonds is 5. The molecule has 2 atom stereocenters. The molecule has 0 bridgehead atoms. The van der Waals surface area contributed by atoms with E-state index in [2.05, 4.69) is 11.8 Å². The number of hydrogen-bond acceptors (Lipinski definition) is 3. The third kappa shape index (κ3) is 3.20. The van der Waals surface area contributed by atoms with E-state index in [4.69, 9.17) is 0 Å². The Morgan fingerprint density at radius 2 is 1.71 bits per heavy atom. The van der Waals surface area contributed by atoms with Gasteiger partial charge in [0, 0.05) is 12.5 Å². The lowest BCUT2D eigenvalue weighted by atomic mass is 9.79. The average molecular weight is 287 g/mol. The van der Waals surface area contributed by atoms with Gasteiger partial charge in [-0.15, -0.1) is 0 Å². The van der Waals surface area contributed by atoms with Gasteiger partial charge in [-0.2, -0.15) is 0 Å². The van der Waals surface area contributed by atoms with E-state index >= 15 is 0 Å². The van der Waals surface area contributed by atoms with E-state index in [-0.39, 0.29) is 11.7 Å². The molecule has 21 heavy (non-hydrogen) atoms. The van der Waals surface area contributed by atoms with E-state index in [0.717, 1.165) is 22.9 Å². The van der Waals surface area contributed by atoms with Crippen LogP contribution in [0.2, 0.25) is 0 Å². The molecule has 0 heterocycles. The molecule has 0 unspecified atom stereocenters. The lowest BCUT2D eigenvalue weighted by Gasteiger charge is -2.35. The van der Waals surface area contributed by atoms with Crippen molar-refractivity contribution in [2.75, 3.05) is 20.6 Å². The number of nitrogens with zero attached hydrogens (tertiary/aromatic N) is 1. The first kappa shape index (κ1) is 15.8. The van der Waals surface area contributed by atoms with E-state index in [0.29, 0.717) is 6.42 Å². The molecule has 0 radical (unpaired) electrons. The van der Waals surface area contributed by atoms with Crippen molar-refractivity contribution in [3.63, 3.8) is 0 Å². The van der Waals surface area contributed by atoms with E-state index in [1.54, 1.807) is 12.1 Å². The molecular weight excluding hydrogens is 262 g/mol. The van der Waals surface area contributed by atoms with Crippen molar-refractivity contribution in [2.24, 2.45) is 5.92 Å². The second-order valence-electron chi connectivity index (χ2n) is 6.19. The van der Waals surface area contributed by atoms with Gasteiger partial charge >= 0.3 is 0 Å². The van der Waals surface area contributed by atoms with Gasteiger partial charge in [0.25, 0.3) is 0 Å². The Balaban J connectivity index is 2.44. The van der Waals surface area contributed by atoms with E-state index in [9.17, 15) is 10.2 Å². The van der Waals surface area contributed by atoms with Crippen LogP contribution < -0.4 is 0 Å². The molecule has 114 valence electrons. The smallest absolute Gasteiger partial charge is 0.116 e. The number of hydrogen-bond donors (Lipinski definition) is 2. The van der Waals surface area contributed by atoms with Crippen molar-refractivity contribution in [2.45, 2.75) is 25.9 Å². The summed E-state index contributed by atoms with van der Waals surface area (Å²) in [7, 11) is 4.05. The van der Waals surface area contributed by atoms with Crippen LogP contribution >= 0.6 is 0 Å². The van der Waals surface area contributed by atoms with Crippen molar-refractivity contribution in [1.29, 1.82) is 0 Å². The highest BCUT2D eigenvalue weighted by Gasteiger charge is 2.34. The second kappa shape index (κ2) is 6.04. The van der Waals surface area contributed by atoms with Crippen LogP contribution in [0.3, 0.4) is 0 Å². The molecule has 0 spiro atoms. The van der Waals surface area contributed by atoms with Crippen LogP contribution in [0.1, 0.15) is 25.8 Å². The quantitative estimate of drug-likeness (QED) is 0.886. The van der Waals surface area contributed by atoms with Gasteiger partial charge in [-0.05, 0) is 55.1 Å². The van der Waals surface area contributed by atoms with Crippen LogP contribution in [0.4, 0.5) is 0 Å². The molecule has 0 aliphatic carbocycles. The average Bonchev–Trinajstić information content (AvgIpc) is 2.45. The minimum absolute atomic E-state index is 0.132. The zero-order valence-corrected chi connectivity index (χ0v) is 13.3. The summed E-state index contributed by atoms with van der Waals surface area (Å²) >= 11 is 0. The normalized spacial score (nSPS) is 16.1. The summed E-state index contributed by atoms with van der Waals surface area (Å²) in [5, 5.41) is 22.7. The second-order valence-corrected chi connectivity index (χ2v) is 6.19. The van der Waals surface area contributed by atoms with Gasteiger partial charge in [-0.25, -0.2) is 0 Å². The number of benzene rings is 2. The maximum absolute atomic E-state index is 11.1. The summed E-state index contributed by atoms with van der Waals surface area (Å²) < 4.78 is 0.